The van der Waals surface area contributed by atoms with Crippen LogP contribution in [0.15, 0.2) is 6.07 Å². The molecule has 1 aliphatic rings. The second-order valence-electron chi connectivity index (χ2n) is 7.40. The van der Waals surface area contributed by atoms with E-state index in [1.807, 2.05) is 13.8 Å². The van der Waals surface area contributed by atoms with E-state index in [0.29, 0.717) is 0 Å². The zero-order valence-corrected chi connectivity index (χ0v) is 17.3. The minimum absolute atomic E-state index is 0.00588. The van der Waals surface area contributed by atoms with Crippen molar-refractivity contribution in [3.8, 4) is 5.75 Å². The highest BCUT2D eigenvalue weighted by molar-refractivity contribution is 5.83. The number of carbonyl (C=O) groups excluding carboxylic acids is 3. The number of likely N-dealkylation sites (tertiary alicyclic amines) is 1. The average Bonchev–Trinajstić information content (AvgIpc) is 3.20. The van der Waals surface area contributed by atoms with E-state index in [1.54, 1.807) is 0 Å². The third kappa shape index (κ3) is 6.65. The predicted octanol–water partition coefficient (Wildman–Crippen LogP) is 2.03. The first kappa shape index (κ1) is 24.6. The summed E-state index contributed by atoms with van der Waals surface area (Å²) in [6.45, 7) is 4.75. The van der Waals surface area contributed by atoms with Crippen molar-refractivity contribution in [1.82, 2.24) is 15.5 Å². The van der Waals surface area contributed by atoms with E-state index in [4.69, 9.17) is 0 Å². The van der Waals surface area contributed by atoms with Gasteiger partial charge in [-0.05, 0) is 33.2 Å². The molecule has 1 unspecified atom stereocenters. The summed E-state index contributed by atoms with van der Waals surface area (Å²) in [5.41, 5.74) is 0. The van der Waals surface area contributed by atoms with Gasteiger partial charge in [0.1, 0.15) is 0 Å². The number of carbonyl (C=O) groups is 3. The van der Waals surface area contributed by atoms with E-state index >= 15 is 0 Å². The van der Waals surface area contributed by atoms with E-state index in [0.717, 1.165) is 19.4 Å². The molecule has 0 radical (unpaired) electrons. The number of esters is 1. The summed E-state index contributed by atoms with van der Waals surface area (Å²) < 4.78 is 57.5. The normalized spacial score (nSPS) is 16.4. The lowest BCUT2D eigenvalue weighted by Gasteiger charge is -2.27. The van der Waals surface area contributed by atoms with Crippen molar-refractivity contribution < 1.29 is 36.7 Å². The van der Waals surface area contributed by atoms with Crippen molar-refractivity contribution in [2.45, 2.75) is 51.6 Å². The van der Waals surface area contributed by atoms with Gasteiger partial charge in [-0.3, -0.25) is 19.3 Å². The fourth-order valence-electron chi connectivity index (χ4n) is 3.30. The van der Waals surface area contributed by atoms with Gasteiger partial charge in [0.15, 0.2) is 11.6 Å². The van der Waals surface area contributed by atoms with Gasteiger partial charge in [0, 0.05) is 31.6 Å². The lowest BCUT2D eigenvalue weighted by Crippen LogP contribution is -2.46. The zero-order chi connectivity index (χ0) is 23.1. The minimum atomic E-state index is -1.83. The molecule has 2 N–H and O–H groups in total. The van der Waals surface area contributed by atoms with Crippen molar-refractivity contribution in [2.75, 3.05) is 19.6 Å². The van der Waals surface area contributed by atoms with Gasteiger partial charge in [-0.1, -0.05) is 0 Å². The summed E-state index contributed by atoms with van der Waals surface area (Å²) in [7, 11) is 0. The van der Waals surface area contributed by atoms with Crippen molar-refractivity contribution in [3.63, 3.8) is 0 Å². The summed E-state index contributed by atoms with van der Waals surface area (Å²) in [5.74, 6) is -10.3. The average molecular weight is 447 g/mol. The van der Waals surface area contributed by atoms with Crippen molar-refractivity contribution in [1.29, 1.82) is 0 Å². The Balaban J connectivity index is 1.69. The molecule has 7 nitrogen and oxygen atoms in total. The zero-order valence-electron chi connectivity index (χ0n) is 17.3. The van der Waals surface area contributed by atoms with Gasteiger partial charge in [0.05, 0.1) is 12.5 Å². The van der Waals surface area contributed by atoms with E-state index in [-0.39, 0.29) is 43.6 Å². The monoisotopic (exact) mass is 447 g/mol. The van der Waals surface area contributed by atoms with Gasteiger partial charge in [0.2, 0.25) is 29.2 Å². The molecule has 2 amide bonds. The maximum absolute atomic E-state index is 13.5. The molecular formula is C20H25F4N3O4. The topological polar surface area (TPSA) is 87.7 Å². The lowest BCUT2D eigenvalue weighted by atomic mass is 10.2. The predicted molar refractivity (Wildman–Crippen MR) is 102 cm³/mol. The summed E-state index contributed by atoms with van der Waals surface area (Å²) in [6.07, 6.45) is 1.17. The smallest absolute Gasteiger partial charge is 0.313 e. The maximum Gasteiger partial charge on any atom is 0.313 e. The summed E-state index contributed by atoms with van der Waals surface area (Å²) in [6, 6.07) is 0.0204. The van der Waals surface area contributed by atoms with Crippen LogP contribution in [0.25, 0.3) is 0 Å². The SMILES string of the molecule is CC(C)N1CCCC1C(=O)NCCC(=O)NCCC(=O)Oc1c(F)c(F)cc(F)c1F. The van der Waals surface area contributed by atoms with E-state index in [1.165, 1.54) is 0 Å². The molecule has 1 aromatic rings. The van der Waals surface area contributed by atoms with Gasteiger partial charge in [-0.2, -0.15) is 8.78 Å². The largest absolute Gasteiger partial charge is 0.420 e. The number of amides is 2. The highest BCUT2D eigenvalue weighted by Crippen LogP contribution is 2.26. The van der Waals surface area contributed by atoms with Gasteiger partial charge in [0.25, 0.3) is 0 Å². The van der Waals surface area contributed by atoms with Crippen LogP contribution in [0.2, 0.25) is 0 Å². The molecule has 0 spiro atoms. The Labute approximate surface area is 177 Å². The number of nitrogens with zero attached hydrogens (tertiary/aromatic N) is 1. The fourth-order valence-corrected chi connectivity index (χ4v) is 3.30. The molecule has 0 aromatic heterocycles. The standard InChI is InChI=1S/C20H25F4N3O4/c1-11(2)27-9-3-4-14(27)20(30)26-7-5-15(28)25-8-6-16(29)31-19-17(23)12(21)10-13(22)18(19)24/h10-11,14H,3-9H2,1-2H3,(H,25,28)(H,26,30). The van der Waals surface area contributed by atoms with Gasteiger partial charge in [-0.25, -0.2) is 8.78 Å². The molecule has 172 valence electrons. The molecule has 1 heterocycles. The first-order valence-electron chi connectivity index (χ1n) is 9.95. The number of nitrogens with one attached hydrogen (secondary N) is 2. The third-order valence-corrected chi connectivity index (χ3v) is 4.85. The Bertz CT molecular complexity index is 809. The number of hydrogen-bond acceptors (Lipinski definition) is 5. The molecule has 0 aliphatic carbocycles. The number of halogens is 4. The molecule has 1 atom stereocenters. The summed E-state index contributed by atoms with van der Waals surface area (Å²) in [4.78, 5) is 37.8. The maximum atomic E-state index is 13.5. The quantitative estimate of drug-likeness (QED) is 0.262. The number of ether oxygens (including phenoxy) is 1. The van der Waals surface area contributed by atoms with Gasteiger partial charge < -0.3 is 15.4 Å². The molecular weight excluding hydrogens is 422 g/mol. The van der Waals surface area contributed by atoms with Crippen molar-refractivity contribution in [2.24, 2.45) is 0 Å². The Morgan fingerprint density at radius 3 is 2.29 bits per heavy atom. The van der Waals surface area contributed by atoms with Crippen molar-refractivity contribution >= 4 is 17.8 Å². The lowest BCUT2D eigenvalue weighted by molar-refractivity contribution is -0.134. The molecule has 2 rings (SSSR count). The van der Waals surface area contributed by atoms with Crippen LogP contribution >= 0.6 is 0 Å². The molecule has 0 bridgehead atoms. The summed E-state index contributed by atoms with van der Waals surface area (Å²) in [5, 5.41) is 5.09. The van der Waals surface area contributed by atoms with Crippen LogP contribution in [0, 0.1) is 23.3 Å². The van der Waals surface area contributed by atoms with Gasteiger partial charge in [-0.15, -0.1) is 0 Å². The number of rotatable bonds is 9. The second-order valence-corrected chi connectivity index (χ2v) is 7.40. The highest BCUT2D eigenvalue weighted by atomic mass is 19.2. The minimum Gasteiger partial charge on any atom is -0.420 e. The third-order valence-electron chi connectivity index (χ3n) is 4.85. The first-order valence-corrected chi connectivity index (χ1v) is 9.95. The van der Waals surface area contributed by atoms with Crippen LogP contribution in [-0.4, -0.2) is 54.4 Å². The van der Waals surface area contributed by atoms with E-state index < -0.39 is 47.3 Å². The molecule has 0 saturated carbocycles. The molecule has 1 fully saturated rings. The Morgan fingerprint density at radius 1 is 1.06 bits per heavy atom. The Kier molecular flexibility index (Phi) is 8.78. The van der Waals surface area contributed by atoms with Crippen LogP contribution in [0.3, 0.4) is 0 Å². The van der Waals surface area contributed by atoms with Crippen LogP contribution in [-0.2, 0) is 14.4 Å². The van der Waals surface area contributed by atoms with Crippen LogP contribution in [0.1, 0.15) is 39.5 Å². The van der Waals surface area contributed by atoms with Crippen LogP contribution < -0.4 is 15.4 Å². The van der Waals surface area contributed by atoms with Gasteiger partial charge >= 0.3 is 5.97 Å². The Morgan fingerprint density at radius 2 is 1.68 bits per heavy atom. The highest BCUT2D eigenvalue weighted by Gasteiger charge is 2.31. The van der Waals surface area contributed by atoms with E-state index in [9.17, 15) is 31.9 Å². The van der Waals surface area contributed by atoms with Crippen molar-refractivity contribution in [3.05, 3.63) is 29.3 Å². The van der Waals surface area contributed by atoms with Crippen LogP contribution in [0.4, 0.5) is 17.6 Å². The van der Waals surface area contributed by atoms with Crippen LogP contribution in [0.5, 0.6) is 5.75 Å². The Hall–Kier alpha value is -2.69. The molecule has 31 heavy (non-hydrogen) atoms. The molecule has 1 saturated heterocycles. The fraction of sp³-hybridized carbons (Fsp3) is 0.550. The molecule has 11 heteroatoms. The first-order chi connectivity index (χ1) is 14.6. The summed E-state index contributed by atoms with van der Waals surface area (Å²) >= 11 is 0. The second kappa shape index (κ2) is 11.1. The number of hydrogen-bond donors (Lipinski definition) is 2. The molecule has 1 aliphatic heterocycles. The van der Waals surface area contributed by atoms with E-state index in [2.05, 4.69) is 20.3 Å². The molecule has 1 aromatic carbocycles. The number of benzene rings is 1.